The smallest absolute Gasteiger partial charge is 0.329 e. The summed E-state index contributed by atoms with van der Waals surface area (Å²) in [6.07, 6.45) is 1.92. The highest BCUT2D eigenvalue weighted by Gasteiger charge is 2.11. The topological polar surface area (TPSA) is 120 Å². The number of nitrogens with zero attached hydrogens (tertiary/aromatic N) is 1. The molecule has 0 fully saturated rings. The average molecular weight is 320 g/mol. The van der Waals surface area contributed by atoms with Gasteiger partial charge in [0.2, 0.25) is 0 Å². The van der Waals surface area contributed by atoms with Crippen LogP contribution in [0.4, 0.5) is 0 Å². The van der Waals surface area contributed by atoms with Crippen LogP contribution in [0.15, 0.2) is 23.3 Å². The molecule has 0 heterocycles. The first-order chi connectivity index (χ1) is 11.0. The zero-order valence-corrected chi connectivity index (χ0v) is 12.9. The lowest BCUT2D eigenvalue weighted by Gasteiger charge is -2.11. The van der Waals surface area contributed by atoms with E-state index in [-0.39, 0.29) is 11.3 Å². The number of carboxylic acids is 1. The lowest BCUT2D eigenvalue weighted by molar-refractivity contribution is -0.255. The summed E-state index contributed by atoms with van der Waals surface area (Å²) in [7, 11) is 0. The Kier molecular flexibility index (Phi) is 7.25. The van der Waals surface area contributed by atoms with Gasteiger partial charge >= 0.3 is 11.8 Å². The maximum atomic E-state index is 11.4. The highest BCUT2D eigenvalue weighted by Crippen LogP contribution is 2.18. The molecule has 0 unspecified atom stereocenters. The minimum absolute atomic E-state index is 0.122. The van der Waals surface area contributed by atoms with Crippen LogP contribution in [-0.2, 0) is 9.59 Å². The number of ether oxygens (including phenoxy) is 1. The summed E-state index contributed by atoms with van der Waals surface area (Å²) < 4.78 is 5.18. The Morgan fingerprint density at radius 1 is 1.26 bits per heavy atom. The molecule has 0 aliphatic carbocycles. The third-order valence-electron chi connectivity index (χ3n) is 2.64. The third-order valence-corrected chi connectivity index (χ3v) is 2.64. The fourth-order valence-electron chi connectivity index (χ4n) is 1.60. The van der Waals surface area contributed by atoms with E-state index in [0.717, 1.165) is 0 Å². The number of hydrogen-bond acceptors (Lipinski definition) is 6. The summed E-state index contributed by atoms with van der Waals surface area (Å²) in [5.41, 5.74) is 2.33. The lowest BCUT2D eigenvalue weighted by Crippen LogP contribution is -2.38. The van der Waals surface area contributed by atoms with Gasteiger partial charge in [0.25, 0.3) is 0 Å². The van der Waals surface area contributed by atoms with Crippen molar-refractivity contribution < 1.29 is 24.2 Å². The fourth-order valence-corrected chi connectivity index (χ4v) is 1.60. The summed E-state index contributed by atoms with van der Waals surface area (Å²) in [5, 5.41) is 17.1. The molecule has 1 aromatic rings. The van der Waals surface area contributed by atoms with Gasteiger partial charge in [0.05, 0.1) is 18.8 Å². The number of nitrogens with one attached hydrogen (secondary N) is 2. The Balaban J connectivity index is 2.73. The van der Waals surface area contributed by atoms with Crippen molar-refractivity contribution in [2.45, 2.75) is 20.3 Å². The van der Waals surface area contributed by atoms with Gasteiger partial charge in [-0.1, -0.05) is 6.92 Å². The molecule has 124 valence electrons. The molecule has 0 bridgehead atoms. The number of carboxylic acid groups (broad SMARTS) is 1. The van der Waals surface area contributed by atoms with E-state index in [0.29, 0.717) is 25.1 Å². The third kappa shape index (κ3) is 5.77. The second kappa shape index (κ2) is 9.19. The minimum atomic E-state index is -1.38. The number of carbonyl (C=O) groups excluding carboxylic acids is 3. The Bertz CT molecular complexity index is 613. The normalized spacial score (nSPS) is 10.3. The molecular formula is C15H18N3O5-. The highest BCUT2D eigenvalue weighted by atomic mass is 16.5. The van der Waals surface area contributed by atoms with Gasteiger partial charge in [-0.25, -0.2) is 5.43 Å². The molecule has 0 spiro atoms. The zero-order valence-electron chi connectivity index (χ0n) is 12.9. The maximum absolute atomic E-state index is 11.4. The molecule has 1 aromatic carbocycles. The van der Waals surface area contributed by atoms with Crippen molar-refractivity contribution >= 4 is 24.0 Å². The Morgan fingerprint density at radius 3 is 2.61 bits per heavy atom. The molecule has 0 saturated carbocycles. The first-order valence-corrected chi connectivity index (χ1v) is 7.09. The van der Waals surface area contributed by atoms with Crippen molar-refractivity contribution in [3.8, 4) is 5.75 Å². The molecule has 0 saturated heterocycles. The molecule has 0 aromatic heterocycles. The first kappa shape index (κ1) is 18.1. The summed E-state index contributed by atoms with van der Waals surface area (Å²) in [4.78, 5) is 33.8. The zero-order chi connectivity index (χ0) is 17.2. The molecule has 0 aliphatic heterocycles. The van der Waals surface area contributed by atoms with Gasteiger partial charge in [0, 0.05) is 12.1 Å². The van der Waals surface area contributed by atoms with Gasteiger partial charge in [-0.15, -0.1) is 0 Å². The standard InChI is InChI=1S/C15H19N3O5/c1-3-7-16-13(19)14(20)18-17-9-10-5-6-12(23-4-2)11(8-10)15(21)22/h5-6,8-9H,3-4,7H2,1-2H3,(H,16,19)(H,18,20)(H,21,22)/p-1/b17-9-. The van der Waals surface area contributed by atoms with Crippen molar-refractivity contribution in [3.63, 3.8) is 0 Å². The number of benzene rings is 1. The molecule has 8 nitrogen and oxygen atoms in total. The van der Waals surface area contributed by atoms with E-state index in [9.17, 15) is 19.5 Å². The number of amides is 2. The lowest BCUT2D eigenvalue weighted by atomic mass is 10.1. The van der Waals surface area contributed by atoms with E-state index in [1.165, 1.54) is 18.3 Å². The Hall–Kier alpha value is -2.90. The summed E-state index contributed by atoms with van der Waals surface area (Å²) in [6, 6.07) is 4.32. The van der Waals surface area contributed by atoms with Gasteiger partial charge in [0.15, 0.2) is 0 Å². The van der Waals surface area contributed by atoms with Gasteiger partial charge in [-0.05, 0) is 37.1 Å². The number of rotatable bonds is 7. The monoisotopic (exact) mass is 320 g/mol. The van der Waals surface area contributed by atoms with Crippen molar-refractivity contribution in [3.05, 3.63) is 29.3 Å². The van der Waals surface area contributed by atoms with Crippen LogP contribution < -0.4 is 20.6 Å². The Labute approximate surface area is 133 Å². The predicted octanol–water partition coefficient (Wildman–Crippen LogP) is -0.575. The molecule has 2 amide bonds. The van der Waals surface area contributed by atoms with Crippen LogP contribution in [-0.4, -0.2) is 37.1 Å². The number of hydrogen-bond donors (Lipinski definition) is 2. The van der Waals surface area contributed by atoms with Crippen molar-refractivity contribution in [1.82, 2.24) is 10.7 Å². The molecule has 2 N–H and O–H groups in total. The van der Waals surface area contributed by atoms with Gasteiger partial charge in [-0.3, -0.25) is 9.59 Å². The van der Waals surface area contributed by atoms with E-state index in [1.54, 1.807) is 13.0 Å². The molecule has 0 atom stereocenters. The van der Waals surface area contributed by atoms with Crippen LogP contribution in [0.3, 0.4) is 0 Å². The van der Waals surface area contributed by atoms with Crippen LogP contribution in [0.2, 0.25) is 0 Å². The fraction of sp³-hybridized carbons (Fsp3) is 0.333. The first-order valence-electron chi connectivity index (χ1n) is 7.09. The predicted molar refractivity (Wildman–Crippen MR) is 81.0 cm³/mol. The van der Waals surface area contributed by atoms with Gasteiger partial charge in [-0.2, -0.15) is 5.10 Å². The molecular weight excluding hydrogens is 302 g/mol. The van der Waals surface area contributed by atoms with Gasteiger partial charge < -0.3 is 20.0 Å². The minimum Gasteiger partial charge on any atom is -0.545 e. The molecule has 0 radical (unpaired) electrons. The second-order valence-electron chi connectivity index (χ2n) is 4.43. The van der Waals surface area contributed by atoms with Crippen LogP contribution in [0.5, 0.6) is 5.75 Å². The largest absolute Gasteiger partial charge is 0.545 e. The quantitative estimate of drug-likeness (QED) is 0.396. The summed E-state index contributed by atoms with van der Waals surface area (Å²) in [5.74, 6) is -2.88. The van der Waals surface area contributed by atoms with Crippen LogP contribution in [0, 0.1) is 0 Å². The summed E-state index contributed by atoms with van der Waals surface area (Å²) in [6.45, 7) is 4.30. The van der Waals surface area contributed by atoms with Crippen molar-refractivity contribution in [2.75, 3.05) is 13.2 Å². The Morgan fingerprint density at radius 2 is 2.00 bits per heavy atom. The van der Waals surface area contributed by atoms with Crippen LogP contribution >= 0.6 is 0 Å². The highest BCUT2D eigenvalue weighted by molar-refractivity contribution is 6.35. The van der Waals surface area contributed by atoms with E-state index in [1.807, 2.05) is 6.92 Å². The van der Waals surface area contributed by atoms with Crippen LogP contribution in [0.1, 0.15) is 36.2 Å². The second-order valence-corrected chi connectivity index (χ2v) is 4.43. The maximum Gasteiger partial charge on any atom is 0.329 e. The number of aromatic carboxylic acids is 1. The van der Waals surface area contributed by atoms with E-state index >= 15 is 0 Å². The molecule has 0 aliphatic rings. The van der Waals surface area contributed by atoms with E-state index < -0.39 is 17.8 Å². The number of carbonyl (C=O) groups is 3. The average Bonchev–Trinajstić information content (AvgIpc) is 2.53. The van der Waals surface area contributed by atoms with Crippen molar-refractivity contribution in [1.29, 1.82) is 0 Å². The van der Waals surface area contributed by atoms with Crippen molar-refractivity contribution in [2.24, 2.45) is 5.10 Å². The molecule has 8 heteroatoms. The molecule has 23 heavy (non-hydrogen) atoms. The SMILES string of the molecule is CCCNC(=O)C(=O)N/N=C\c1ccc(OCC)c(C(=O)[O-])c1. The van der Waals surface area contributed by atoms with E-state index in [4.69, 9.17) is 4.74 Å². The van der Waals surface area contributed by atoms with E-state index in [2.05, 4.69) is 15.8 Å². The number of hydrazone groups is 1. The van der Waals surface area contributed by atoms with Crippen LogP contribution in [0.25, 0.3) is 0 Å². The summed E-state index contributed by atoms with van der Waals surface area (Å²) >= 11 is 0. The van der Waals surface area contributed by atoms with Gasteiger partial charge in [0.1, 0.15) is 5.75 Å². The molecule has 1 rings (SSSR count).